The number of thiazole rings is 1. The molecule has 1 saturated heterocycles. The first-order valence-corrected chi connectivity index (χ1v) is 7.42. The van der Waals surface area contributed by atoms with Crippen LogP contribution in [0.2, 0.25) is 5.02 Å². The first-order chi connectivity index (χ1) is 8.81. The molecule has 1 aliphatic rings. The van der Waals surface area contributed by atoms with Crippen LogP contribution in [0.3, 0.4) is 0 Å². The van der Waals surface area contributed by atoms with Crippen LogP contribution in [-0.2, 0) is 4.74 Å². The molecule has 1 N–H and O–H groups in total. The van der Waals surface area contributed by atoms with E-state index in [1.807, 2.05) is 18.2 Å². The zero-order chi connectivity index (χ0) is 12.4. The second-order valence-electron chi connectivity index (χ2n) is 4.50. The predicted octanol–water partition coefficient (Wildman–Crippen LogP) is 3.93. The maximum absolute atomic E-state index is 5.95. The van der Waals surface area contributed by atoms with Gasteiger partial charge in [0, 0.05) is 18.2 Å². The summed E-state index contributed by atoms with van der Waals surface area (Å²) < 4.78 is 6.84. The molecule has 1 fully saturated rings. The average Bonchev–Trinajstić information content (AvgIpc) is 2.79. The van der Waals surface area contributed by atoms with Gasteiger partial charge in [-0.1, -0.05) is 22.9 Å². The van der Waals surface area contributed by atoms with Crippen molar-refractivity contribution in [2.75, 3.05) is 18.5 Å². The third-order valence-corrected chi connectivity index (χ3v) is 4.33. The normalized spacial score (nSPS) is 20.2. The minimum Gasteiger partial charge on any atom is -0.376 e. The molecule has 0 spiro atoms. The summed E-state index contributed by atoms with van der Waals surface area (Å²) in [4.78, 5) is 4.53. The van der Waals surface area contributed by atoms with Gasteiger partial charge < -0.3 is 10.1 Å². The maximum atomic E-state index is 5.95. The molecule has 3 nitrogen and oxygen atoms in total. The fraction of sp³-hybridized carbons (Fsp3) is 0.462. The van der Waals surface area contributed by atoms with Crippen LogP contribution in [0, 0.1) is 0 Å². The van der Waals surface area contributed by atoms with Crippen LogP contribution < -0.4 is 5.32 Å². The second-order valence-corrected chi connectivity index (χ2v) is 5.97. The summed E-state index contributed by atoms with van der Waals surface area (Å²) in [6, 6.07) is 5.81. The Balaban J connectivity index is 1.67. The first-order valence-electron chi connectivity index (χ1n) is 6.23. The molecule has 0 radical (unpaired) electrons. The van der Waals surface area contributed by atoms with Crippen molar-refractivity contribution in [1.82, 2.24) is 4.98 Å². The Kier molecular flexibility index (Phi) is 3.68. The van der Waals surface area contributed by atoms with Crippen LogP contribution in [0.25, 0.3) is 10.2 Å². The molecule has 1 aromatic carbocycles. The Labute approximate surface area is 115 Å². The lowest BCUT2D eigenvalue weighted by molar-refractivity contribution is 0.0247. The third-order valence-electron chi connectivity index (χ3n) is 3.10. The summed E-state index contributed by atoms with van der Waals surface area (Å²) in [5.74, 6) is 0. The van der Waals surface area contributed by atoms with Crippen molar-refractivity contribution in [3.05, 3.63) is 23.2 Å². The van der Waals surface area contributed by atoms with Gasteiger partial charge in [-0.25, -0.2) is 4.98 Å². The number of ether oxygens (including phenoxy) is 1. The van der Waals surface area contributed by atoms with Crippen LogP contribution in [0.1, 0.15) is 19.3 Å². The van der Waals surface area contributed by atoms with Gasteiger partial charge in [-0.15, -0.1) is 0 Å². The molecule has 2 aromatic rings. The third kappa shape index (κ3) is 2.76. The van der Waals surface area contributed by atoms with Gasteiger partial charge in [0.1, 0.15) is 0 Å². The molecule has 3 rings (SSSR count). The zero-order valence-electron chi connectivity index (χ0n) is 9.99. The molecule has 1 atom stereocenters. The number of hydrogen-bond acceptors (Lipinski definition) is 4. The molecule has 0 bridgehead atoms. The van der Waals surface area contributed by atoms with Gasteiger partial charge in [-0.2, -0.15) is 0 Å². The van der Waals surface area contributed by atoms with Crippen molar-refractivity contribution < 1.29 is 4.74 Å². The molecule has 1 aliphatic heterocycles. The predicted molar refractivity (Wildman–Crippen MR) is 76.7 cm³/mol. The van der Waals surface area contributed by atoms with Crippen LogP contribution in [0.4, 0.5) is 5.13 Å². The Morgan fingerprint density at radius 3 is 3.22 bits per heavy atom. The number of benzene rings is 1. The summed E-state index contributed by atoms with van der Waals surface area (Å²) in [5, 5.41) is 5.04. The topological polar surface area (TPSA) is 34.1 Å². The molecule has 0 amide bonds. The number of hydrogen-bond donors (Lipinski definition) is 1. The zero-order valence-corrected chi connectivity index (χ0v) is 11.6. The smallest absolute Gasteiger partial charge is 0.183 e. The number of nitrogens with zero attached hydrogens (tertiary/aromatic N) is 1. The average molecular weight is 283 g/mol. The van der Waals surface area contributed by atoms with E-state index in [0.717, 1.165) is 39.9 Å². The highest BCUT2D eigenvalue weighted by atomic mass is 35.5. The van der Waals surface area contributed by atoms with E-state index in [2.05, 4.69) is 10.3 Å². The molecule has 1 unspecified atom stereocenters. The number of halogens is 1. The van der Waals surface area contributed by atoms with E-state index < -0.39 is 0 Å². The van der Waals surface area contributed by atoms with Gasteiger partial charge in [-0.05, 0) is 37.5 Å². The van der Waals surface area contributed by atoms with Gasteiger partial charge >= 0.3 is 0 Å². The van der Waals surface area contributed by atoms with E-state index in [1.165, 1.54) is 12.8 Å². The Bertz CT molecular complexity index is 537. The molecule has 0 saturated carbocycles. The minimum atomic E-state index is 0.328. The van der Waals surface area contributed by atoms with Crippen molar-refractivity contribution in [3.63, 3.8) is 0 Å². The summed E-state index contributed by atoms with van der Waals surface area (Å²) in [7, 11) is 0. The van der Waals surface area contributed by atoms with E-state index in [4.69, 9.17) is 16.3 Å². The summed E-state index contributed by atoms with van der Waals surface area (Å²) in [6.07, 6.45) is 3.93. The largest absolute Gasteiger partial charge is 0.376 e. The van der Waals surface area contributed by atoms with Crippen LogP contribution in [-0.4, -0.2) is 24.2 Å². The van der Waals surface area contributed by atoms with Crippen molar-refractivity contribution in [1.29, 1.82) is 0 Å². The summed E-state index contributed by atoms with van der Waals surface area (Å²) in [5.41, 5.74) is 0.958. The van der Waals surface area contributed by atoms with Crippen molar-refractivity contribution in [2.24, 2.45) is 0 Å². The van der Waals surface area contributed by atoms with Crippen molar-refractivity contribution in [3.8, 4) is 0 Å². The molecule has 18 heavy (non-hydrogen) atoms. The number of rotatable bonds is 3. The fourth-order valence-electron chi connectivity index (χ4n) is 2.15. The number of fused-ring (bicyclic) bond motifs is 1. The second kappa shape index (κ2) is 5.43. The lowest BCUT2D eigenvalue weighted by atomic mass is 10.1. The molecule has 96 valence electrons. The molecular weight excluding hydrogens is 268 g/mol. The number of aromatic nitrogens is 1. The van der Waals surface area contributed by atoms with E-state index >= 15 is 0 Å². The molecule has 5 heteroatoms. The standard InChI is InChI=1S/C13H15ClN2OS/c14-9-4-5-12-11(7-9)16-13(18-12)15-8-10-3-1-2-6-17-10/h4-5,7,10H,1-3,6,8H2,(H,15,16). The quantitative estimate of drug-likeness (QED) is 0.926. The van der Waals surface area contributed by atoms with Crippen molar-refractivity contribution in [2.45, 2.75) is 25.4 Å². The highest BCUT2D eigenvalue weighted by molar-refractivity contribution is 7.22. The summed E-state index contributed by atoms with van der Waals surface area (Å²) >= 11 is 7.61. The Morgan fingerprint density at radius 1 is 1.44 bits per heavy atom. The fourth-order valence-corrected chi connectivity index (χ4v) is 3.17. The van der Waals surface area contributed by atoms with E-state index in [9.17, 15) is 0 Å². The highest BCUT2D eigenvalue weighted by Crippen LogP contribution is 2.28. The SMILES string of the molecule is Clc1ccc2sc(NCC3CCCCO3)nc2c1. The van der Waals surface area contributed by atoms with Gasteiger partial charge in [0.05, 0.1) is 16.3 Å². The number of anilines is 1. The first kappa shape index (κ1) is 12.2. The van der Waals surface area contributed by atoms with Crippen molar-refractivity contribution >= 4 is 38.3 Å². The summed E-state index contributed by atoms with van der Waals surface area (Å²) in [6.45, 7) is 1.73. The van der Waals surface area contributed by atoms with Crippen LogP contribution in [0.15, 0.2) is 18.2 Å². The van der Waals surface area contributed by atoms with Crippen LogP contribution >= 0.6 is 22.9 Å². The minimum absolute atomic E-state index is 0.328. The maximum Gasteiger partial charge on any atom is 0.183 e. The number of nitrogens with one attached hydrogen (secondary N) is 1. The van der Waals surface area contributed by atoms with E-state index in [1.54, 1.807) is 11.3 Å². The molecule has 0 aliphatic carbocycles. The van der Waals surface area contributed by atoms with Gasteiger partial charge in [0.15, 0.2) is 5.13 Å². The molecule has 1 aromatic heterocycles. The molecule has 2 heterocycles. The van der Waals surface area contributed by atoms with Gasteiger partial charge in [-0.3, -0.25) is 0 Å². The molecular formula is C13H15ClN2OS. The van der Waals surface area contributed by atoms with Crippen LogP contribution in [0.5, 0.6) is 0 Å². The highest BCUT2D eigenvalue weighted by Gasteiger charge is 2.14. The monoisotopic (exact) mass is 282 g/mol. The lowest BCUT2D eigenvalue weighted by Crippen LogP contribution is -2.26. The van der Waals surface area contributed by atoms with E-state index in [-0.39, 0.29) is 0 Å². The lowest BCUT2D eigenvalue weighted by Gasteiger charge is -2.22. The Hall–Kier alpha value is -0.840. The Morgan fingerprint density at radius 2 is 2.39 bits per heavy atom. The van der Waals surface area contributed by atoms with Gasteiger partial charge in [0.2, 0.25) is 0 Å². The van der Waals surface area contributed by atoms with Gasteiger partial charge in [0.25, 0.3) is 0 Å². The van der Waals surface area contributed by atoms with E-state index in [0.29, 0.717) is 6.10 Å².